The van der Waals surface area contributed by atoms with Crippen LogP contribution < -0.4 is 17.0 Å². The summed E-state index contributed by atoms with van der Waals surface area (Å²) in [5, 5.41) is 0. The highest BCUT2D eigenvalue weighted by Gasteiger charge is 2.08. The number of rotatable bonds is 5. The van der Waals surface area contributed by atoms with Crippen LogP contribution in [0.15, 0.2) is 47.4 Å². The Morgan fingerprint density at radius 3 is 2.57 bits per heavy atom. The van der Waals surface area contributed by atoms with Crippen LogP contribution in [0.1, 0.15) is 16.7 Å². The van der Waals surface area contributed by atoms with Crippen molar-refractivity contribution >= 4 is 23.4 Å². The molecule has 0 bridgehead atoms. The third-order valence-corrected chi connectivity index (χ3v) is 4.32. The minimum absolute atomic E-state index is 0.192. The quantitative estimate of drug-likeness (QED) is 0.260. The molecule has 0 aliphatic carbocycles. The van der Waals surface area contributed by atoms with E-state index in [0.29, 0.717) is 0 Å². The molecule has 4 nitrogen and oxygen atoms in total. The summed E-state index contributed by atoms with van der Waals surface area (Å²) in [4.78, 5) is 12.5. The minimum atomic E-state index is -0.192. The second-order valence-corrected chi connectivity index (χ2v) is 5.86. The van der Waals surface area contributed by atoms with E-state index in [4.69, 9.17) is 11.6 Å². The van der Waals surface area contributed by atoms with Gasteiger partial charge in [-0.2, -0.15) is 0 Å². The SMILES string of the molecule is Cc1ccc(SCc2ccccc2CC(=O)NN)c(N)c1. The van der Waals surface area contributed by atoms with Crippen molar-refractivity contribution in [2.45, 2.75) is 24.0 Å². The van der Waals surface area contributed by atoms with Gasteiger partial charge in [-0.15, -0.1) is 11.8 Å². The predicted octanol–water partition coefficient (Wildman–Crippen LogP) is 2.40. The zero-order chi connectivity index (χ0) is 15.2. The highest BCUT2D eigenvalue weighted by molar-refractivity contribution is 7.98. The third kappa shape index (κ3) is 4.24. The number of thioether (sulfide) groups is 1. The molecule has 5 heteroatoms. The summed E-state index contributed by atoms with van der Waals surface area (Å²) in [5.41, 5.74) is 12.2. The molecule has 21 heavy (non-hydrogen) atoms. The van der Waals surface area contributed by atoms with E-state index in [1.165, 1.54) is 0 Å². The number of nitrogens with two attached hydrogens (primary N) is 2. The molecule has 0 unspecified atom stereocenters. The average molecular weight is 301 g/mol. The van der Waals surface area contributed by atoms with Crippen LogP contribution in [0.25, 0.3) is 0 Å². The van der Waals surface area contributed by atoms with E-state index in [2.05, 4.69) is 5.43 Å². The smallest absolute Gasteiger partial charge is 0.238 e. The lowest BCUT2D eigenvalue weighted by molar-refractivity contribution is -0.120. The zero-order valence-electron chi connectivity index (χ0n) is 11.9. The first-order valence-electron chi connectivity index (χ1n) is 6.65. The molecule has 5 N–H and O–H groups in total. The van der Waals surface area contributed by atoms with Gasteiger partial charge in [0.05, 0.1) is 6.42 Å². The Bertz CT molecular complexity index is 643. The van der Waals surface area contributed by atoms with E-state index in [0.717, 1.165) is 33.0 Å². The Morgan fingerprint density at radius 2 is 1.90 bits per heavy atom. The van der Waals surface area contributed by atoms with E-state index >= 15 is 0 Å². The van der Waals surface area contributed by atoms with Crippen LogP contribution in [0.4, 0.5) is 5.69 Å². The topological polar surface area (TPSA) is 81.1 Å². The number of carbonyl (C=O) groups excluding carboxylic acids is 1. The minimum Gasteiger partial charge on any atom is -0.398 e. The predicted molar refractivity (Wildman–Crippen MR) is 87.6 cm³/mol. The van der Waals surface area contributed by atoms with E-state index in [1.807, 2.05) is 49.4 Å². The Hall–Kier alpha value is -1.98. The number of anilines is 1. The van der Waals surface area contributed by atoms with Crippen molar-refractivity contribution in [3.8, 4) is 0 Å². The van der Waals surface area contributed by atoms with E-state index in [-0.39, 0.29) is 12.3 Å². The van der Waals surface area contributed by atoms with Crippen molar-refractivity contribution in [2.75, 3.05) is 5.73 Å². The molecule has 0 fully saturated rings. The molecule has 0 atom stereocenters. The first-order chi connectivity index (χ1) is 10.1. The maximum atomic E-state index is 11.4. The standard InChI is InChI=1S/C16H19N3OS/c1-11-6-7-15(14(17)8-11)21-10-13-5-3-2-4-12(13)9-16(20)19-18/h2-8H,9-10,17-18H2,1H3,(H,19,20). The molecule has 2 aromatic rings. The number of hydrazine groups is 1. The molecule has 0 radical (unpaired) electrons. The summed E-state index contributed by atoms with van der Waals surface area (Å²) in [6, 6.07) is 13.9. The molecule has 0 heterocycles. The van der Waals surface area contributed by atoms with Crippen molar-refractivity contribution < 1.29 is 4.79 Å². The highest BCUT2D eigenvalue weighted by Crippen LogP contribution is 2.29. The van der Waals surface area contributed by atoms with Gasteiger partial charge in [0.15, 0.2) is 0 Å². The number of amides is 1. The van der Waals surface area contributed by atoms with Crippen molar-refractivity contribution in [3.05, 3.63) is 59.2 Å². The van der Waals surface area contributed by atoms with Gasteiger partial charge in [0.2, 0.25) is 5.91 Å². The number of hydrogen-bond donors (Lipinski definition) is 3. The number of nitrogens with one attached hydrogen (secondary N) is 1. The van der Waals surface area contributed by atoms with Crippen LogP contribution in [0.3, 0.4) is 0 Å². The number of nitrogen functional groups attached to an aromatic ring is 1. The summed E-state index contributed by atoms with van der Waals surface area (Å²) in [6.45, 7) is 2.02. The first-order valence-corrected chi connectivity index (χ1v) is 7.64. The van der Waals surface area contributed by atoms with Gasteiger partial charge in [-0.1, -0.05) is 30.3 Å². The number of benzene rings is 2. The molecule has 2 rings (SSSR count). The van der Waals surface area contributed by atoms with Gasteiger partial charge >= 0.3 is 0 Å². The van der Waals surface area contributed by atoms with Gasteiger partial charge in [0, 0.05) is 16.3 Å². The third-order valence-electron chi connectivity index (χ3n) is 3.18. The van der Waals surface area contributed by atoms with Crippen molar-refractivity contribution in [3.63, 3.8) is 0 Å². The second-order valence-electron chi connectivity index (χ2n) is 4.84. The molecule has 110 valence electrons. The molecule has 0 saturated carbocycles. The highest BCUT2D eigenvalue weighted by atomic mass is 32.2. The Labute approximate surface area is 128 Å². The summed E-state index contributed by atoms with van der Waals surface area (Å²) in [5.74, 6) is 5.72. The zero-order valence-corrected chi connectivity index (χ0v) is 12.7. The van der Waals surface area contributed by atoms with Crippen molar-refractivity contribution in [2.24, 2.45) is 5.84 Å². The lowest BCUT2D eigenvalue weighted by Crippen LogP contribution is -2.31. The molecule has 0 aliphatic rings. The molecule has 0 spiro atoms. The lowest BCUT2D eigenvalue weighted by atomic mass is 10.1. The Balaban J connectivity index is 2.11. The number of aryl methyl sites for hydroxylation is 1. The van der Waals surface area contributed by atoms with Gasteiger partial charge in [0.1, 0.15) is 0 Å². The lowest BCUT2D eigenvalue weighted by Gasteiger charge is -2.10. The normalized spacial score (nSPS) is 10.4. The average Bonchev–Trinajstić information content (AvgIpc) is 2.47. The molecule has 0 aromatic heterocycles. The maximum absolute atomic E-state index is 11.4. The fourth-order valence-corrected chi connectivity index (χ4v) is 3.03. The van der Waals surface area contributed by atoms with Crippen LogP contribution in [0.2, 0.25) is 0 Å². The Morgan fingerprint density at radius 1 is 1.19 bits per heavy atom. The fraction of sp³-hybridized carbons (Fsp3) is 0.188. The van der Waals surface area contributed by atoms with Gasteiger partial charge < -0.3 is 5.73 Å². The van der Waals surface area contributed by atoms with Crippen LogP contribution >= 0.6 is 11.8 Å². The summed E-state index contributed by atoms with van der Waals surface area (Å²) in [7, 11) is 0. The van der Waals surface area contributed by atoms with E-state index < -0.39 is 0 Å². The molecule has 0 aliphatic heterocycles. The monoisotopic (exact) mass is 301 g/mol. The van der Waals surface area contributed by atoms with Crippen molar-refractivity contribution in [1.29, 1.82) is 0 Å². The van der Waals surface area contributed by atoms with E-state index in [1.54, 1.807) is 11.8 Å². The van der Waals surface area contributed by atoms with Gasteiger partial charge in [-0.3, -0.25) is 10.2 Å². The van der Waals surface area contributed by atoms with Gasteiger partial charge in [-0.25, -0.2) is 5.84 Å². The van der Waals surface area contributed by atoms with Gasteiger partial charge in [-0.05, 0) is 35.7 Å². The fourth-order valence-electron chi connectivity index (χ4n) is 2.05. The summed E-state index contributed by atoms with van der Waals surface area (Å²) < 4.78 is 0. The molecule has 2 aromatic carbocycles. The van der Waals surface area contributed by atoms with Crippen LogP contribution in [-0.4, -0.2) is 5.91 Å². The second kappa shape index (κ2) is 7.15. The number of hydrogen-bond acceptors (Lipinski definition) is 4. The maximum Gasteiger partial charge on any atom is 0.238 e. The first kappa shape index (κ1) is 15.4. The summed E-state index contributed by atoms with van der Waals surface area (Å²) >= 11 is 1.67. The molecule has 1 amide bonds. The molecular weight excluding hydrogens is 282 g/mol. The number of carbonyl (C=O) groups is 1. The van der Waals surface area contributed by atoms with Crippen molar-refractivity contribution in [1.82, 2.24) is 5.43 Å². The molecule has 0 saturated heterocycles. The molecular formula is C16H19N3OS. The Kier molecular flexibility index (Phi) is 5.25. The van der Waals surface area contributed by atoms with Gasteiger partial charge in [0.25, 0.3) is 0 Å². The van der Waals surface area contributed by atoms with Crippen LogP contribution in [0.5, 0.6) is 0 Å². The largest absolute Gasteiger partial charge is 0.398 e. The van der Waals surface area contributed by atoms with Crippen LogP contribution in [-0.2, 0) is 17.0 Å². The van der Waals surface area contributed by atoms with E-state index in [9.17, 15) is 4.79 Å². The van der Waals surface area contributed by atoms with Crippen LogP contribution in [0, 0.1) is 6.92 Å². The summed E-state index contributed by atoms with van der Waals surface area (Å²) in [6.07, 6.45) is 0.288.